The van der Waals surface area contributed by atoms with E-state index in [0.717, 1.165) is 89.9 Å². The van der Waals surface area contributed by atoms with Crippen LogP contribution < -0.4 is 5.32 Å². The average molecular weight is 1030 g/mol. The van der Waals surface area contributed by atoms with Crippen molar-refractivity contribution in [2.24, 2.45) is 0 Å². The van der Waals surface area contributed by atoms with Crippen LogP contribution in [0.5, 0.6) is 0 Å². The van der Waals surface area contributed by atoms with Gasteiger partial charge in [-0.05, 0) is 44.9 Å². The number of hydrogen-bond acceptors (Lipinski definition) is 18. The number of aliphatic hydroxyl groups is 11. The molecule has 0 aromatic carbocycles. The van der Waals surface area contributed by atoms with E-state index in [-0.39, 0.29) is 18.9 Å². The lowest BCUT2D eigenvalue weighted by atomic mass is 9.96. The van der Waals surface area contributed by atoms with Gasteiger partial charge in [0.1, 0.15) is 73.2 Å². The van der Waals surface area contributed by atoms with Crippen LogP contribution in [0.15, 0.2) is 36.5 Å². The third-order valence-electron chi connectivity index (χ3n) is 13.7. The lowest BCUT2D eigenvalue weighted by Gasteiger charge is -2.48. The lowest BCUT2D eigenvalue weighted by Crippen LogP contribution is -2.66. The third-order valence-corrected chi connectivity index (χ3v) is 13.7. The summed E-state index contributed by atoms with van der Waals surface area (Å²) in [6.45, 7) is 1.62. The Morgan fingerprint density at radius 1 is 0.514 bits per heavy atom. The zero-order chi connectivity index (χ0) is 52.7. The molecule has 12 N–H and O–H groups in total. The molecule has 17 atom stereocenters. The number of nitrogens with one attached hydrogen (secondary N) is 1. The van der Waals surface area contributed by atoms with Gasteiger partial charge in [-0.3, -0.25) is 4.79 Å². The second-order valence-electron chi connectivity index (χ2n) is 19.7. The fraction of sp³-hybridized carbons (Fsp3) is 0.868. The molecule has 0 saturated carbocycles. The van der Waals surface area contributed by atoms with Crippen molar-refractivity contribution in [3.63, 3.8) is 0 Å². The molecule has 3 saturated heterocycles. The molecule has 420 valence electrons. The van der Waals surface area contributed by atoms with Gasteiger partial charge in [-0.15, -0.1) is 0 Å². The summed E-state index contributed by atoms with van der Waals surface area (Å²) in [5, 5.41) is 120. The van der Waals surface area contributed by atoms with Gasteiger partial charge in [0, 0.05) is 6.42 Å². The van der Waals surface area contributed by atoms with E-state index in [4.69, 9.17) is 28.4 Å². The molecule has 0 aromatic heterocycles. The van der Waals surface area contributed by atoms with Crippen LogP contribution in [0.1, 0.15) is 162 Å². The Balaban J connectivity index is 1.52. The molecule has 1 amide bonds. The zero-order valence-electron chi connectivity index (χ0n) is 43.1. The van der Waals surface area contributed by atoms with Crippen LogP contribution in [0.3, 0.4) is 0 Å². The van der Waals surface area contributed by atoms with Gasteiger partial charge in [-0.2, -0.15) is 0 Å². The molecule has 0 aliphatic carbocycles. The second-order valence-corrected chi connectivity index (χ2v) is 19.7. The van der Waals surface area contributed by atoms with E-state index in [0.29, 0.717) is 12.8 Å². The monoisotopic (exact) mass is 1030 g/mol. The first-order valence-electron chi connectivity index (χ1n) is 27.2. The molecule has 0 spiro atoms. The van der Waals surface area contributed by atoms with E-state index >= 15 is 0 Å². The number of ether oxygens (including phenoxy) is 6. The summed E-state index contributed by atoms with van der Waals surface area (Å²) in [4.78, 5) is 13.3. The van der Waals surface area contributed by atoms with Gasteiger partial charge in [0.2, 0.25) is 5.91 Å². The van der Waals surface area contributed by atoms with E-state index in [1.54, 1.807) is 0 Å². The molecule has 0 bridgehead atoms. The third kappa shape index (κ3) is 22.7. The molecule has 19 nitrogen and oxygen atoms in total. The highest BCUT2D eigenvalue weighted by atomic mass is 16.8. The number of carbonyl (C=O) groups is 1. The number of amides is 1. The van der Waals surface area contributed by atoms with Crippen molar-refractivity contribution < 1.29 is 89.4 Å². The summed E-state index contributed by atoms with van der Waals surface area (Å²) < 4.78 is 34.2. The molecule has 3 aliphatic rings. The number of unbranched alkanes of at least 4 members (excludes halogenated alkanes) is 16. The van der Waals surface area contributed by atoms with Crippen LogP contribution in [0.2, 0.25) is 0 Å². The molecule has 19 heteroatoms. The Morgan fingerprint density at radius 3 is 1.50 bits per heavy atom. The van der Waals surface area contributed by atoms with Crippen LogP contribution in [0, 0.1) is 0 Å². The van der Waals surface area contributed by atoms with Crippen LogP contribution >= 0.6 is 0 Å². The molecule has 0 radical (unpaired) electrons. The van der Waals surface area contributed by atoms with Gasteiger partial charge in [-0.1, -0.05) is 147 Å². The molecule has 17 unspecified atom stereocenters. The predicted octanol–water partition coefficient (Wildman–Crippen LogP) is 2.98. The molecule has 3 heterocycles. The van der Waals surface area contributed by atoms with Gasteiger partial charge >= 0.3 is 0 Å². The Kier molecular flexibility index (Phi) is 33.7. The quantitative estimate of drug-likeness (QED) is 0.0313. The van der Waals surface area contributed by atoms with E-state index in [2.05, 4.69) is 55.6 Å². The minimum absolute atomic E-state index is 0.254. The Morgan fingerprint density at radius 2 is 0.958 bits per heavy atom. The Bertz CT molecular complexity index is 1470. The summed E-state index contributed by atoms with van der Waals surface area (Å²) in [5.41, 5.74) is 0. The van der Waals surface area contributed by atoms with E-state index in [9.17, 15) is 61.0 Å². The second kappa shape index (κ2) is 37.7. The molecule has 3 aliphatic heterocycles. The van der Waals surface area contributed by atoms with E-state index in [1.807, 2.05) is 0 Å². The predicted molar refractivity (Wildman–Crippen MR) is 268 cm³/mol. The van der Waals surface area contributed by atoms with Crippen molar-refractivity contribution in [3.05, 3.63) is 36.5 Å². The van der Waals surface area contributed by atoms with Gasteiger partial charge in [-0.25, -0.2) is 0 Å². The summed E-state index contributed by atoms with van der Waals surface area (Å²) in [7, 11) is 0. The SMILES string of the molecule is CC/C=C\C/C=C\C/C=C\CCCCCCCCCC(=O)NC(COC1OC(CO)C(OC2OC(CO)C(OC3OC(CO)C(O)C(O)C3O)C(O)C2O)C(O)C1O)C(O)CCCCCCCCCCCC. The molecule has 3 rings (SSSR count). The smallest absolute Gasteiger partial charge is 0.220 e. The van der Waals surface area contributed by atoms with Crippen LogP contribution in [0.25, 0.3) is 0 Å². The Labute approximate surface area is 428 Å². The molecule has 72 heavy (non-hydrogen) atoms. The van der Waals surface area contributed by atoms with Crippen LogP contribution in [-0.2, 0) is 33.2 Å². The van der Waals surface area contributed by atoms with E-state index < -0.39 is 124 Å². The highest BCUT2D eigenvalue weighted by molar-refractivity contribution is 5.76. The molecular weight excluding hydrogens is 939 g/mol. The van der Waals surface area contributed by atoms with Crippen molar-refractivity contribution in [3.8, 4) is 0 Å². The zero-order valence-corrected chi connectivity index (χ0v) is 43.1. The van der Waals surface area contributed by atoms with Crippen molar-refractivity contribution in [1.82, 2.24) is 5.32 Å². The van der Waals surface area contributed by atoms with Crippen molar-refractivity contribution in [1.29, 1.82) is 0 Å². The first kappa shape index (κ1) is 64.3. The number of aliphatic hydroxyl groups excluding tert-OH is 11. The minimum Gasteiger partial charge on any atom is -0.394 e. The molecule has 0 aromatic rings. The number of carbonyl (C=O) groups excluding carboxylic acids is 1. The maximum atomic E-state index is 13.3. The lowest BCUT2D eigenvalue weighted by molar-refractivity contribution is -0.379. The fourth-order valence-corrected chi connectivity index (χ4v) is 9.21. The summed E-state index contributed by atoms with van der Waals surface area (Å²) in [5.74, 6) is -0.258. The number of rotatable bonds is 38. The highest BCUT2D eigenvalue weighted by Crippen LogP contribution is 2.33. The topological polar surface area (TPSA) is 307 Å². The Hall–Kier alpha value is -1.99. The molecular formula is C53H95NO18. The van der Waals surface area contributed by atoms with Crippen LogP contribution in [-0.4, -0.2) is 193 Å². The van der Waals surface area contributed by atoms with Crippen molar-refractivity contribution in [2.75, 3.05) is 26.4 Å². The largest absolute Gasteiger partial charge is 0.394 e. The van der Waals surface area contributed by atoms with Gasteiger partial charge < -0.3 is 89.9 Å². The standard InChI is InChI=1S/C53H95NO18/c1-3-5-7-9-11-13-15-16-17-18-19-20-21-23-25-27-29-31-41(59)54-36(37(58)30-28-26-24-22-14-12-10-8-6-4-2)35-67-51-47(65)44(62)49(39(33-56)69-51)72-53-48(66)45(63)50(40(34-57)70-53)71-52-46(64)43(61)42(60)38(32-55)68-52/h5,7,11,13,16-17,36-40,42-53,55-58,60-66H,3-4,6,8-10,12,14-15,18-35H2,1-2H3,(H,54,59)/b7-5-,13-11-,17-16-. The minimum atomic E-state index is -1.97. The van der Waals surface area contributed by atoms with Gasteiger partial charge in [0.25, 0.3) is 0 Å². The van der Waals surface area contributed by atoms with Crippen molar-refractivity contribution in [2.45, 2.75) is 266 Å². The maximum Gasteiger partial charge on any atom is 0.220 e. The highest BCUT2D eigenvalue weighted by Gasteiger charge is 2.53. The fourth-order valence-electron chi connectivity index (χ4n) is 9.21. The summed E-state index contributed by atoms with van der Waals surface area (Å²) in [6, 6.07) is -0.889. The normalized spacial score (nSPS) is 32.3. The van der Waals surface area contributed by atoms with Crippen molar-refractivity contribution >= 4 is 5.91 Å². The first-order chi connectivity index (χ1) is 34.8. The average Bonchev–Trinajstić information content (AvgIpc) is 3.37. The number of allylic oxidation sites excluding steroid dienone is 6. The molecule has 3 fully saturated rings. The summed E-state index contributed by atoms with van der Waals surface area (Å²) >= 11 is 0. The summed E-state index contributed by atoms with van der Waals surface area (Å²) in [6.07, 6.45) is 9.64. The van der Waals surface area contributed by atoms with E-state index in [1.165, 1.54) is 38.5 Å². The number of hydrogen-bond donors (Lipinski definition) is 12. The maximum absolute atomic E-state index is 13.3. The van der Waals surface area contributed by atoms with Gasteiger partial charge in [0.15, 0.2) is 18.9 Å². The first-order valence-corrected chi connectivity index (χ1v) is 27.2. The van der Waals surface area contributed by atoms with Gasteiger partial charge in [0.05, 0.1) is 38.6 Å². The van der Waals surface area contributed by atoms with Crippen LogP contribution in [0.4, 0.5) is 0 Å².